The maximum Gasteiger partial charge on any atom is 0.257 e. The van der Waals surface area contributed by atoms with Crippen molar-refractivity contribution in [2.75, 3.05) is 0 Å². The van der Waals surface area contributed by atoms with Crippen LogP contribution in [-0.4, -0.2) is 29.1 Å². The molecule has 0 spiro atoms. The highest BCUT2D eigenvalue weighted by Gasteiger charge is 2.35. The van der Waals surface area contributed by atoms with E-state index >= 15 is 0 Å². The van der Waals surface area contributed by atoms with E-state index < -0.39 is 47.2 Å². The van der Waals surface area contributed by atoms with Gasteiger partial charge in [0.15, 0.2) is 0 Å². The van der Waals surface area contributed by atoms with Gasteiger partial charge < -0.3 is 15.7 Å². The summed E-state index contributed by atoms with van der Waals surface area (Å²) in [5.74, 6) is -3.87. The Bertz CT molecular complexity index is 881. The standard InChI is InChI=1S/C21H22F2N2O3/c1-11(2)18(24-20(27)17-14(22)8-5-9-15(17)23)21(28)25-19-13-7-4-3-6-12(13)10-16(19)26/h3-9,11,16,18-19,26H,10H2,1-2H3,(H,24,27)(H,25,28)/t16-,18?,19+/m0/s1. The first-order valence-corrected chi connectivity index (χ1v) is 9.10. The third-order valence-corrected chi connectivity index (χ3v) is 4.93. The van der Waals surface area contributed by atoms with Crippen molar-refractivity contribution < 1.29 is 23.5 Å². The highest BCUT2D eigenvalue weighted by molar-refractivity contribution is 5.98. The molecule has 0 aliphatic heterocycles. The fourth-order valence-corrected chi connectivity index (χ4v) is 3.45. The second kappa shape index (κ2) is 8.06. The van der Waals surface area contributed by atoms with Crippen molar-refractivity contribution in [2.45, 2.75) is 38.5 Å². The van der Waals surface area contributed by atoms with Crippen LogP contribution in [0, 0.1) is 17.6 Å². The van der Waals surface area contributed by atoms with E-state index in [1.54, 1.807) is 13.8 Å². The lowest BCUT2D eigenvalue weighted by atomic mass is 10.0. The van der Waals surface area contributed by atoms with Crippen molar-refractivity contribution in [3.63, 3.8) is 0 Å². The number of hydrogen-bond donors (Lipinski definition) is 3. The molecule has 1 aliphatic carbocycles. The number of aliphatic hydroxyl groups is 1. The van der Waals surface area contributed by atoms with Gasteiger partial charge in [0.05, 0.1) is 12.1 Å². The zero-order valence-electron chi connectivity index (χ0n) is 15.6. The smallest absolute Gasteiger partial charge is 0.257 e. The second-order valence-electron chi connectivity index (χ2n) is 7.25. The number of nitrogens with one attached hydrogen (secondary N) is 2. The molecule has 0 aromatic heterocycles. The van der Waals surface area contributed by atoms with Crippen LogP contribution in [0.4, 0.5) is 8.78 Å². The summed E-state index contributed by atoms with van der Waals surface area (Å²) in [7, 11) is 0. The Morgan fingerprint density at radius 1 is 1.07 bits per heavy atom. The van der Waals surface area contributed by atoms with Crippen LogP contribution >= 0.6 is 0 Å². The van der Waals surface area contributed by atoms with Gasteiger partial charge in [0.2, 0.25) is 5.91 Å². The average molecular weight is 388 g/mol. The van der Waals surface area contributed by atoms with E-state index in [-0.39, 0.29) is 5.92 Å². The van der Waals surface area contributed by atoms with Crippen molar-refractivity contribution in [3.8, 4) is 0 Å². The number of carbonyl (C=O) groups is 2. The van der Waals surface area contributed by atoms with Gasteiger partial charge in [-0.25, -0.2) is 8.78 Å². The van der Waals surface area contributed by atoms with Crippen molar-refractivity contribution in [1.29, 1.82) is 0 Å². The first kappa shape index (κ1) is 19.9. The Labute approximate surface area is 161 Å². The van der Waals surface area contributed by atoms with Crippen molar-refractivity contribution in [2.24, 2.45) is 5.92 Å². The second-order valence-corrected chi connectivity index (χ2v) is 7.25. The molecule has 3 atom stereocenters. The van der Waals surface area contributed by atoms with Crippen molar-refractivity contribution in [1.82, 2.24) is 10.6 Å². The normalized spacial score (nSPS) is 19.2. The van der Waals surface area contributed by atoms with Gasteiger partial charge in [0.25, 0.3) is 5.91 Å². The van der Waals surface area contributed by atoms with Crippen molar-refractivity contribution in [3.05, 3.63) is 70.8 Å². The van der Waals surface area contributed by atoms with Gasteiger partial charge in [-0.3, -0.25) is 9.59 Å². The van der Waals surface area contributed by atoms with E-state index in [0.717, 1.165) is 29.3 Å². The predicted octanol–water partition coefficient (Wildman–Crippen LogP) is 2.49. The number of hydrogen-bond acceptors (Lipinski definition) is 3. The average Bonchev–Trinajstić information content (AvgIpc) is 2.94. The van der Waals surface area contributed by atoms with E-state index in [1.807, 2.05) is 24.3 Å². The van der Waals surface area contributed by atoms with Crippen LogP contribution in [0.3, 0.4) is 0 Å². The number of carbonyl (C=O) groups excluding carboxylic acids is 2. The minimum atomic E-state index is -1.02. The molecule has 1 aliphatic rings. The van der Waals surface area contributed by atoms with Crippen LogP contribution in [0.2, 0.25) is 0 Å². The van der Waals surface area contributed by atoms with Gasteiger partial charge >= 0.3 is 0 Å². The molecule has 3 N–H and O–H groups in total. The van der Waals surface area contributed by atoms with E-state index in [1.165, 1.54) is 0 Å². The van der Waals surface area contributed by atoms with E-state index in [0.29, 0.717) is 6.42 Å². The van der Waals surface area contributed by atoms with Crippen LogP contribution < -0.4 is 10.6 Å². The Morgan fingerprint density at radius 2 is 1.71 bits per heavy atom. The Morgan fingerprint density at radius 3 is 2.36 bits per heavy atom. The fraction of sp³-hybridized carbons (Fsp3) is 0.333. The van der Waals surface area contributed by atoms with Crippen LogP contribution in [0.15, 0.2) is 42.5 Å². The van der Waals surface area contributed by atoms with Crippen LogP contribution in [0.25, 0.3) is 0 Å². The maximum absolute atomic E-state index is 13.9. The molecule has 0 bridgehead atoms. The summed E-state index contributed by atoms with van der Waals surface area (Å²) in [6, 6.07) is 8.88. The number of fused-ring (bicyclic) bond motifs is 1. The lowest BCUT2D eigenvalue weighted by molar-refractivity contribution is -0.125. The van der Waals surface area contributed by atoms with Gasteiger partial charge in [0.1, 0.15) is 23.2 Å². The fourth-order valence-electron chi connectivity index (χ4n) is 3.45. The van der Waals surface area contributed by atoms with Crippen molar-refractivity contribution >= 4 is 11.8 Å². The Kier molecular flexibility index (Phi) is 5.74. The van der Waals surface area contributed by atoms with Gasteiger partial charge in [-0.1, -0.05) is 44.2 Å². The monoisotopic (exact) mass is 388 g/mol. The zero-order valence-corrected chi connectivity index (χ0v) is 15.6. The summed E-state index contributed by atoms with van der Waals surface area (Å²) in [5, 5.41) is 15.5. The van der Waals surface area contributed by atoms with Crippen LogP contribution in [0.1, 0.15) is 41.4 Å². The first-order valence-electron chi connectivity index (χ1n) is 9.10. The maximum atomic E-state index is 13.9. The predicted molar refractivity (Wildman–Crippen MR) is 99.5 cm³/mol. The highest BCUT2D eigenvalue weighted by Crippen LogP contribution is 2.31. The summed E-state index contributed by atoms with van der Waals surface area (Å²) < 4.78 is 27.7. The molecule has 0 radical (unpaired) electrons. The zero-order chi connectivity index (χ0) is 20.4. The number of benzene rings is 2. The lowest BCUT2D eigenvalue weighted by Crippen LogP contribution is -2.51. The van der Waals surface area contributed by atoms with Crippen LogP contribution in [-0.2, 0) is 11.2 Å². The SMILES string of the molecule is CC(C)C(NC(=O)c1c(F)cccc1F)C(=O)N[C@@H]1c2ccccc2C[C@@H]1O. The van der Waals surface area contributed by atoms with Gasteiger partial charge in [0, 0.05) is 6.42 Å². The molecule has 148 valence electrons. The summed E-state index contributed by atoms with van der Waals surface area (Å²) >= 11 is 0. The summed E-state index contributed by atoms with van der Waals surface area (Å²) in [6.07, 6.45) is -0.367. The molecule has 2 aromatic rings. The summed E-state index contributed by atoms with van der Waals surface area (Å²) in [5.41, 5.74) is 1.03. The molecular weight excluding hydrogens is 366 g/mol. The molecule has 3 rings (SSSR count). The van der Waals surface area contributed by atoms with Gasteiger partial charge in [-0.2, -0.15) is 0 Å². The summed E-state index contributed by atoms with van der Waals surface area (Å²) in [6.45, 7) is 3.42. The number of halogens is 2. The quantitative estimate of drug-likeness (QED) is 0.737. The topological polar surface area (TPSA) is 78.4 Å². The largest absolute Gasteiger partial charge is 0.390 e. The molecular formula is C21H22F2N2O3. The molecule has 2 aromatic carbocycles. The van der Waals surface area contributed by atoms with Gasteiger partial charge in [-0.05, 0) is 29.2 Å². The van der Waals surface area contributed by atoms with E-state index in [2.05, 4.69) is 10.6 Å². The number of amides is 2. The van der Waals surface area contributed by atoms with Gasteiger partial charge in [-0.15, -0.1) is 0 Å². The van der Waals surface area contributed by atoms with E-state index in [4.69, 9.17) is 0 Å². The first-order chi connectivity index (χ1) is 13.3. The minimum Gasteiger partial charge on any atom is -0.390 e. The lowest BCUT2D eigenvalue weighted by Gasteiger charge is -2.25. The number of rotatable bonds is 5. The molecule has 7 heteroatoms. The minimum absolute atomic E-state index is 0.340. The van der Waals surface area contributed by atoms with E-state index in [9.17, 15) is 23.5 Å². The Balaban J connectivity index is 1.77. The third kappa shape index (κ3) is 3.89. The third-order valence-electron chi connectivity index (χ3n) is 4.93. The summed E-state index contributed by atoms with van der Waals surface area (Å²) in [4.78, 5) is 25.2. The van der Waals surface area contributed by atoms with Crippen LogP contribution in [0.5, 0.6) is 0 Å². The molecule has 28 heavy (non-hydrogen) atoms. The number of aliphatic hydroxyl groups excluding tert-OH is 1. The molecule has 5 nitrogen and oxygen atoms in total. The highest BCUT2D eigenvalue weighted by atomic mass is 19.1. The Hall–Kier alpha value is -2.80. The molecule has 0 saturated heterocycles. The molecule has 2 amide bonds. The molecule has 0 saturated carbocycles. The molecule has 1 unspecified atom stereocenters. The molecule has 0 fully saturated rings. The molecule has 0 heterocycles.